The van der Waals surface area contributed by atoms with E-state index in [0.29, 0.717) is 17.5 Å². The van der Waals surface area contributed by atoms with Gasteiger partial charge < -0.3 is 4.57 Å². The summed E-state index contributed by atoms with van der Waals surface area (Å²) in [4.78, 5) is 19.6. The van der Waals surface area contributed by atoms with Gasteiger partial charge in [-0.3, -0.25) is 0 Å². The molecular formula is C46H29N5S. The van der Waals surface area contributed by atoms with Crippen LogP contribution in [-0.2, 0) is 0 Å². The molecule has 10 rings (SSSR count). The van der Waals surface area contributed by atoms with E-state index in [-0.39, 0.29) is 0 Å². The van der Waals surface area contributed by atoms with Gasteiger partial charge in [0.1, 0.15) is 5.01 Å². The quantitative estimate of drug-likeness (QED) is 0.175. The summed E-state index contributed by atoms with van der Waals surface area (Å²) in [6, 6.07) is 61.1. The minimum atomic E-state index is 0.642. The lowest BCUT2D eigenvalue weighted by Crippen LogP contribution is -2.00. The van der Waals surface area contributed by atoms with Crippen molar-refractivity contribution in [2.45, 2.75) is 0 Å². The lowest BCUT2D eigenvalue weighted by atomic mass is 10.0. The molecule has 0 fully saturated rings. The van der Waals surface area contributed by atoms with E-state index < -0.39 is 0 Å². The number of nitrogens with zero attached hydrogens (tertiary/aromatic N) is 5. The second kappa shape index (κ2) is 12.5. The van der Waals surface area contributed by atoms with Crippen molar-refractivity contribution in [2.24, 2.45) is 0 Å². The molecule has 0 radical (unpaired) electrons. The van der Waals surface area contributed by atoms with E-state index in [0.717, 1.165) is 55.1 Å². The van der Waals surface area contributed by atoms with Crippen LogP contribution in [0.25, 0.3) is 93.6 Å². The molecule has 7 aromatic carbocycles. The van der Waals surface area contributed by atoms with Gasteiger partial charge in [-0.2, -0.15) is 0 Å². The molecule has 6 heteroatoms. The van der Waals surface area contributed by atoms with Crippen LogP contribution in [0, 0.1) is 0 Å². The molecule has 3 heterocycles. The zero-order chi connectivity index (χ0) is 34.4. The van der Waals surface area contributed by atoms with Crippen LogP contribution in [0.4, 0.5) is 0 Å². The van der Waals surface area contributed by atoms with Crippen LogP contribution >= 0.6 is 11.3 Å². The van der Waals surface area contributed by atoms with Crippen LogP contribution in [0.15, 0.2) is 176 Å². The Morgan fingerprint density at radius 3 is 1.63 bits per heavy atom. The summed E-state index contributed by atoms with van der Waals surface area (Å²) in [6.45, 7) is 0. The zero-order valence-corrected chi connectivity index (χ0v) is 28.7. The lowest BCUT2D eigenvalue weighted by molar-refractivity contribution is 1.07. The molecule has 0 atom stereocenters. The first kappa shape index (κ1) is 30.1. The van der Waals surface area contributed by atoms with E-state index in [1.807, 2.05) is 66.7 Å². The third-order valence-electron chi connectivity index (χ3n) is 9.49. The van der Waals surface area contributed by atoms with Gasteiger partial charge in [-0.1, -0.05) is 127 Å². The van der Waals surface area contributed by atoms with Gasteiger partial charge >= 0.3 is 0 Å². The molecule has 0 saturated carbocycles. The van der Waals surface area contributed by atoms with Crippen molar-refractivity contribution in [3.8, 4) is 61.5 Å². The molecular weight excluding hydrogens is 655 g/mol. The van der Waals surface area contributed by atoms with E-state index in [4.69, 9.17) is 19.9 Å². The summed E-state index contributed by atoms with van der Waals surface area (Å²) < 4.78 is 3.57. The third kappa shape index (κ3) is 5.34. The number of rotatable bonds is 6. The first-order valence-corrected chi connectivity index (χ1v) is 18.0. The van der Waals surface area contributed by atoms with Gasteiger partial charge in [-0.15, -0.1) is 11.3 Å². The Balaban J connectivity index is 1.03. The summed E-state index contributed by atoms with van der Waals surface area (Å²) in [7, 11) is 0. The second-order valence-corrected chi connectivity index (χ2v) is 13.8. The molecule has 10 aromatic rings. The molecule has 0 bridgehead atoms. The number of hydrogen-bond donors (Lipinski definition) is 0. The van der Waals surface area contributed by atoms with Crippen molar-refractivity contribution in [1.82, 2.24) is 24.5 Å². The summed E-state index contributed by atoms with van der Waals surface area (Å²) >= 11 is 1.74. The predicted octanol–water partition coefficient (Wildman–Crippen LogP) is 11.9. The van der Waals surface area contributed by atoms with Gasteiger partial charge in [0.2, 0.25) is 0 Å². The van der Waals surface area contributed by atoms with Crippen molar-refractivity contribution >= 4 is 43.4 Å². The molecule has 0 aliphatic heterocycles. The third-order valence-corrected chi connectivity index (χ3v) is 10.6. The normalized spacial score (nSPS) is 11.5. The Morgan fingerprint density at radius 1 is 0.365 bits per heavy atom. The van der Waals surface area contributed by atoms with E-state index in [9.17, 15) is 0 Å². The maximum Gasteiger partial charge on any atom is 0.164 e. The standard InChI is InChI=1S/C46H29N5S/c1-3-12-31(13-4-1)43-48-44(32-14-5-2-6-15-32)50-45(49-43)33-24-22-30(23-25-33)34-16-11-17-36(28-34)51-40-20-9-7-18-37(40)38-29-35(26-27-41(38)51)46-47-39-19-8-10-21-42(39)52-46/h1-29H. The minimum absolute atomic E-state index is 0.642. The Kier molecular flexibility index (Phi) is 7.25. The van der Waals surface area contributed by atoms with Crippen LogP contribution < -0.4 is 0 Å². The molecule has 0 unspecified atom stereocenters. The van der Waals surface area contributed by atoms with Gasteiger partial charge in [0, 0.05) is 38.7 Å². The van der Waals surface area contributed by atoms with Gasteiger partial charge in [0.15, 0.2) is 17.5 Å². The van der Waals surface area contributed by atoms with E-state index >= 15 is 0 Å². The highest BCUT2D eigenvalue weighted by molar-refractivity contribution is 7.21. The molecule has 0 aliphatic rings. The van der Waals surface area contributed by atoms with E-state index in [1.165, 1.54) is 21.0 Å². The largest absolute Gasteiger partial charge is 0.309 e. The number of benzene rings is 7. The van der Waals surface area contributed by atoms with Crippen molar-refractivity contribution < 1.29 is 0 Å². The highest BCUT2D eigenvalue weighted by Crippen LogP contribution is 2.38. The molecule has 0 spiro atoms. The average molecular weight is 684 g/mol. The minimum Gasteiger partial charge on any atom is -0.309 e. The Bertz CT molecular complexity index is 2800. The molecule has 52 heavy (non-hydrogen) atoms. The van der Waals surface area contributed by atoms with Crippen LogP contribution in [-0.4, -0.2) is 24.5 Å². The number of aromatic nitrogens is 5. The topological polar surface area (TPSA) is 56.5 Å². The number of hydrogen-bond acceptors (Lipinski definition) is 5. The molecule has 3 aromatic heterocycles. The Labute approximate surface area is 304 Å². The SMILES string of the molecule is c1ccc(-c2nc(-c3ccccc3)nc(-c3ccc(-c4cccc(-n5c6ccccc6c6cc(-c7nc8ccccc8s7)ccc65)c4)cc3)n2)cc1. The zero-order valence-electron chi connectivity index (χ0n) is 27.9. The van der Waals surface area contributed by atoms with E-state index in [1.54, 1.807) is 11.3 Å². The average Bonchev–Trinajstić information content (AvgIpc) is 3.81. The molecule has 0 amide bonds. The van der Waals surface area contributed by atoms with Crippen molar-refractivity contribution in [1.29, 1.82) is 0 Å². The van der Waals surface area contributed by atoms with Gasteiger partial charge in [-0.05, 0) is 59.7 Å². The van der Waals surface area contributed by atoms with Gasteiger partial charge in [0.25, 0.3) is 0 Å². The Morgan fingerprint density at radius 2 is 0.923 bits per heavy atom. The first-order valence-electron chi connectivity index (χ1n) is 17.2. The van der Waals surface area contributed by atoms with Gasteiger partial charge in [0.05, 0.1) is 21.3 Å². The van der Waals surface area contributed by atoms with Crippen molar-refractivity contribution in [3.63, 3.8) is 0 Å². The monoisotopic (exact) mass is 683 g/mol. The molecule has 5 nitrogen and oxygen atoms in total. The van der Waals surface area contributed by atoms with Crippen LogP contribution in [0.5, 0.6) is 0 Å². The van der Waals surface area contributed by atoms with Crippen molar-refractivity contribution in [3.05, 3.63) is 176 Å². The maximum atomic E-state index is 4.94. The molecule has 244 valence electrons. The molecule has 0 N–H and O–H groups in total. The summed E-state index contributed by atoms with van der Waals surface area (Å²) in [6.07, 6.45) is 0. The molecule has 0 aliphatic carbocycles. The predicted molar refractivity (Wildman–Crippen MR) is 215 cm³/mol. The fourth-order valence-electron chi connectivity index (χ4n) is 6.95. The summed E-state index contributed by atoms with van der Waals surface area (Å²) in [5, 5.41) is 3.47. The second-order valence-electron chi connectivity index (χ2n) is 12.7. The lowest BCUT2D eigenvalue weighted by Gasteiger charge is -2.11. The van der Waals surface area contributed by atoms with Crippen LogP contribution in [0.1, 0.15) is 0 Å². The molecule has 0 saturated heterocycles. The fraction of sp³-hybridized carbons (Fsp3) is 0. The highest BCUT2D eigenvalue weighted by Gasteiger charge is 2.16. The smallest absolute Gasteiger partial charge is 0.164 e. The van der Waals surface area contributed by atoms with Crippen LogP contribution in [0.3, 0.4) is 0 Å². The first-order chi connectivity index (χ1) is 25.7. The number of fused-ring (bicyclic) bond motifs is 4. The maximum absolute atomic E-state index is 4.94. The van der Waals surface area contributed by atoms with Crippen LogP contribution in [0.2, 0.25) is 0 Å². The fourth-order valence-corrected chi connectivity index (χ4v) is 7.92. The highest BCUT2D eigenvalue weighted by atomic mass is 32.1. The van der Waals surface area contributed by atoms with Gasteiger partial charge in [-0.25, -0.2) is 19.9 Å². The van der Waals surface area contributed by atoms with E-state index in [2.05, 4.69) is 114 Å². The number of para-hydroxylation sites is 2. The Hall–Kier alpha value is -6.76. The summed E-state index contributed by atoms with van der Waals surface area (Å²) in [5.41, 5.74) is 10.7. The van der Waals surface area contributed by atoms with Crippen molar-refractivity contribution in [2.75, 3.05) is 0 Å². The summed E-state index contributed by atoms with van der Waals surface area (Å²) in [5.74, 6) is 1.95. The number of thiazole rings is 1.